The highest BCUT2D eigenvalue weighted by molar-refractivity contribution is 5.91. The number of fused-ring (bicyclic) bond motifs is 3. The fourth-order valence-corrected chi connectivity index (χ4v) is 11.9. The van der Waals surface area contributed by atoms with Gasteiger partial charge in [0.05, 0.1) is 53.4 Å². The van der Waals surface area contributed by atoms with Crippen LogP contribution in [0.1, 0.15) is 203 Å². The molecule has 7 aliphatic heterocycles. The van der Waals surface area contributed by atoms with Crippen LogP contribution in [0, 0.1) is 20.8 Å². The number of ether oxygens (including phenoxy) is 15. The van der Waals surface area contributed by atoms with Crippen LogP contribution in [0.4, 0.5) is 0 Å². The molecule has 0 saturated carbocycles. The Bertz CT molecular complexity index is 4770. The molecule has 7 saturated heterocycles. The van der Waals surface area contributed by atoms with Crippen molar-refractivity contribution in [1.29, 1.82) is 0 Å². The molecule has 134 heavy (non-hydrogen) atoms. The number of methoxy groups -OCH3 is 1. The van der Waals surface area contributed by atoms with Crippen molar-refractivity contribution in [2.75, 3.05) is 99.6 Å². The minimum absolute atomic E-state index is 0.282. The molecule has 0 amide bonds. The molecule has 15 heteroatoms. The van der Waals surface area contributed by atoms with E-state index in [2.05, 4.69) is 211 Å². The molecule has 19 rings (SSSR count). The van der Waals surface area contributed by atoms with Gasteiger partial charge in [-0.05, 0) is 173 Å². The third kappa shape index (κ3) is 49.2. The van der Waals surface area contributed by atoms with Gasteiger partial charge in [-0.2, -0.15) is 0 Å². The minimum atomic E-state index is 0.282. The van der Waals surface area contributed by atoms with Crippen LogP contribution in [0.25, 0.3) is 43.4 Å². The van der Waals surface area contributed by atoms with Crippen molar-refractivity contribution in [3.8, 4) is 57.1 Å². The topological polar surface area (TPSA) is 162 Å². The van der Waals surface area contributed by atoms with Crippen LogP contribution in [0.15, 0.2) is 261 Å². The van der Waals surface area contributed by atoms with Crippen molar-refractivity contribution in [1.82, 2.24) is 0 Å². The van der Waals surface area contributed by atoms with Crippen LogP contribution in [-0.4, -0.2) is 142 Å². The van der Waals surface area contributed by atoms with Gasteiger partial charge in [0.25, 0.3) is 0 Å². The quantitative estimate of drug-likeness (QED) is 0.0447. The Labute approximate surface area is 808 Å². The number of hydrogen-bond acceptors (Lipinski definition) is 15. The van der Waals surface area contributed by atoms with Crippen molar-refractivity contribution in [3.63, 3.8) is 0 Å². The Morgan fingerprint density at radius 1 is 0.246 bits per heavy atom. The van der Waals surface area contributed by atoms with E-state index in [1.54, 1.807) is 7.11 Å². The average molecular weight is 1840 g/mol. The van der Waals surface area contributed by atoms with Crippen molar-refractivity contribution in [2.45, 2.75) is 253 Å². The number of para-hydroxylation sites is 2. The number of rotatable bonds is 27. The van der Waals surface area contributed by atoms with Crippen LogP contribution in [0.3, 0.4) is 0 Å². The first-order valence-corrected chi connectivity index (χ1v) is 49.8. The van der Waals surface area contributed by atoms with E-state index in [0.29, 0.717) is 76.8 Å². The average Bonchev–Trinajstić information content (AvgIpc) is 1.50. The molecule has 0 aliphatic carbocycles. The van der Waals surface area contributed by atoms with Crippen LogP contribution in [0.5, 0.6) is 46.0 Å². The van der Waals surface area contributed by atoms with Gasteiger partial charge in [0.15, 0.2) is 0 Å². The fraction of sp³-hybridized carbons (Fsp3) is 0.445. The number of benzene rings is 12. The number of epoxide rings is 7. The molecule has 0 bridgehead atoms. The zero-order chi connectivity index (χ0) is 97.9. The van der Waals surface area contributed by atoms with E-state index >= 15 is 0 Å². The molecule has 7 heterocycles. The lowest BCUT2D eigenvalue weighted by molar-refractivity contribution is 0.252. The van der Waals surface area contributed by atoms with Crippen LogP contribution < -0.4 is 37.9 Å². The largest absolute Gasteiger partial charge is 0.496 e. The van der Waals surface area contributed by atoms with Crippen molar-refractivity contribution in [3.05, 3.63) is 300 Å². The molecule has 7 atom stereocenters. The summed E-state index contributed by atoms with van der Waals surface area (Å²) in [6, 6.07) is 89.0. The predicted octanol–water partition coefficient (Wildman–Crippen LogP) is 30.0. The first kappa shape index (κ1) is 116. The molecular formula is C119H166O15. The molecule has 0 N–H and O–H groups in total. The van der Waals surface area contributed by atoms with Gasteiger partial charge in [0.1, 0.15) is 135 Å². The third-order valence-electron chi connectivity index (χ3n) is 19.5. The molecule has 7 aliphatic rings. The minimum Gasteiger partial charge on any atom is -0.496 e. The third-order valence-corrected chi connectivity index (χ3v) is 19.5. The Morgan fingerprint density at radius 2 is 0.552 bits per heavy atom. The second-order valence-corrected chi connectivity index (χ2v) is 31.6. The molecule has 7 unspecified atom stereocenters. The molecule has 12 aromatic rings. The molecular weight excluding hydrogens is 1670 g/mol. The van der Waals surface area contributed by atoms with Crippen molar-refractivity contribution >= 4 is 32.3 Å². The van der Waals surface area contributed by atoms with Crippen molar-refractivity contribution in [2.24, 2.45) is 0 Å². The first-order valence-electron chi connectivity index (χ1n) is 49.8. The highest BCUT2D eigenvalue weighted by atomic mass is 16.6. The van der Waals surface area contributed by atoms with E-state index in [0.717, 1.165) is 118 Å². The normalized spacial score (nSPS) is 16.2. The summed E-state index contributed by atoms with van der Waals surface area (Å²) in [5.41, 5.74) is 11.7. The van der Waals surface area contributed by atoms with Crippen LogP contribution >= 0.6 is 0 Å². The lowest BCUT2D eigenvalue weighted by Crippen LogP contribution is -2.06. The zero-order valence-corrected chi connectivity index (χ0v) is 86.0. The summed E-state index contributed by atoms with van der Waals surface area (Å²) >= 11 is 0. The van der Waals surface area contributed by atoms with Gasteiger partial charge in [0.2, 0.25) is 0 Å². The van der Waals surface area contributed by atoms with E-state index in [1.165, 1.54) is 108 Å². The number of aryl methyl sites for hydroxylation is 7. The molecule has 15 nitrogen and oxygen atoms in total. The standard InChI is InChI=1S/C16H18.C15H18O.2C13H12O2.C12H14O4.3C10H12O2.4C3H8.4C2H6/c1-3-13-5-9-15(10-6-13)16-11-7-14(4-2)8-12-16;1-4-11-10-15(16-3)12(5-2)14-9-7-6-8-13(11)14;1-2-6-12-10(4-1)5-3-7-13(12)15-9-11-8-14-11;1-2-4-11-7-12(6-5-10(11)3-1)14-8-13-9-15-13;1-2-9(13-5-11-7-15-11)4-10(3-1)14-6-12-8-16-12;1-8-2-4-9(5-3-8)11-6-10-7-12-10;2*1-8-4-2-3-5-10(8)12-7-9-6-11-9;4*1-3-2;4*1-2/h5-12H,3-4H2,1-2H3;6-10H,4-5H2,1-3H3;1-7,11H,8-9H2;1-7,13H,8-9H2;1-4,11-12H,5-8H2;2-5,10H,6-7H2,1H3;2*2-5,9H,6-7H2,1H3;4*3H2,1-2H3;4*1-2H3. The highest BCUT2D eigenvalue weighted by Crippen LogP contribution is 2.34. The summed E-state index contributed by atoms with van der Waals surface area (Å²) in [7, 11) is 1.75. The summed E-state index contributed by atoms with van der Waals surface area (Å²) in [6.07, 6.45) is 11.5. The summed E-state index contributed by atoms with van der Waals surface area (Å²) in [4.78, 5) is 0. The molecule has 12 aromatic carbocycles. The van der Waals surface area contributed by atoms with E-state index in [9.17, 15) is 0 Å². The van der Waals surface area contributed by atoms with Gasteiger partial charge in [-0.3, -0.25) is 0 Å². The second-order valence-electron chi connectivity index (χ2n) is 31.6. The van der Waals surface area contributed by atoms with E-state index < -0.39 is 0 Å². The maximum absolute atomic E-state index is 5.72. The van der Waals surface area contributed by atoms with Gasteiger partial charge < -0.3 is 71.1 Å². The number of hydrogen-bond donors (Lipinski definition) is 0. The summed E-state index contributed by atoms with van der Waals surface area (Å²) in [6.45, 7) is 58.4. The van der Waals surface area contributed by atoms with E-state index in [4.69, 9.17) is 71.1 Å². The Hall–Kier alpha value is -10.5. The lowest BCUT2D eigenvalue weighted by atomic mass is 9.96. The van der Waals surface area contributed by atoms with Crippen LogP contribution in [0.2, 0.25) is 0 Å². The smallest absolute Gasteiger partial charge is 0.127 e. The second kappa shape index (κ2) is 71.1. The van der Waals surface area contributed by atoms with Gasteiger partial charge in [-0.25, -0.2) is 0 Å². The van der Waals surface area contributed by atoms with Crippen LogP contribution in [-0.2, 0) is 58.8 Å². The van der Waals surface area contributed by atoms with Gasteiger partial charge >= 0.3 is 0 Å². The molecule has 0 radical (unpaired) electrons. The van der Waals surface area contributed by atoms with E-state index in [1.807, 2.05) is 209 Å². The van der Waals surface area contributed by atoms with Gasteiger partial charge in [-0.15, -0.1) is 0 Å². The Balaban J connectivity index is 0.000000312. The maximum atomic E-state index is 5.72. The maximum Gasteiger partial charge on any atom is 0.127 e. The SMILES string of the molecule is CC.CC.CC.CC.CCC.CCC.CCC.CCC.CCc1cc(OC)c(CC)c2ccccc12.CCc1ccc(-c2ccc(CC)cc2)cc1.Cc1ccc(OCC2CO2)cc1.Cc1ccccc1OCC1CO1.Cc1ccccc1OCC1CO1.c1cc(OCC2CO2)cc(OCC2CO2)c1.c1ccc2c(OCC3CO3)cccc2c1.c1ccc2cc(OCC3CO3)ccc2c1. The summed E-state index contributed by atoms with van der Waals surface area (Å²) < 4.78 is 79.9. The van der Waals surface area contributed by atoms with E-state index in [-0.39, 0.29) is 12.2 Å². The highest BCUT2D eigenvalue weighted by Gasteiger charge is 2.28. The lowest BCUT2D eigenvalue weighted by Gasteiger charge is -2.13. The Morgan fingerprint density at radius 3 is 0.925 bits per heavy atom. The molecule has 0 aromatic heterocycles. The van der Waals surface area contributed by atoms with Crippen molar-refractivity contribution < 1.29 is 71.1 Å². The Kier molecular flexibility index (Phi) is 61.5. The first-order chi connectivity index (χ1) is 65.6. The molecule has 7 fully saturated rings. The predicted molar refractivity (Wildman–Crippen MR) is 564 cm³/mol. The summed E-state index contributed by atoms with van der Waals surface area (Å²) in [5, 5.41) is 7.54. The molecule has 0 spiro atoms. The van der Waals surface area contributed by atoms with Gasteiger partial charge in [0, 0.05) is 17.0 Å². The van der Waals surface area contributed by atoms with Gasteiger partial charge in [-0.1, -0.05) is 364 Å². The molecule has 732 valence electrons. The summed E-state index contributed by atoms with van der Waals surface area (Å²) in [5.74, 6) is 7.40. The zero-order valence-electron chi connectivity index (χ0n) is 86.0. The fourth-order valence-electron chi connectivity index (χ4n) is 11.9. The monoisotopic (exact) mass is 1840 g/mol.